The van der Waals surface area contributed by atoms with Crippen molar-refractivity contribution < 1.29 is 5.11 Å². The maximum Gasteiger partial charge on any atom is 0.0981 e. The van der Waals surface area contributed by atoms with Crippen molar-refractivity contribution >= 4 is 0 Å². The van der Waals surface area contributed by atoms with Gasteiger partial charge in [0, 0.05) is 0 Å². The monoisotopic (exact) mass is 248 g/mol. The van der Waals surface area contributed by atoms with Crippen LogP contribution in [0, 0.1) is 11.3 Å². The SMILES string of the molecule is OC(c1cnc[nH]1)C1CCC2(CCCCC2)CC1. The van der Waals surface area contributed by atoms with E-state index in [4.69, 9.17) is 0 Å². The molecule has 2 N–H and O–H groups in total. The topological polar surface area (TPSA) is 48.9 Å². The van der Waals surface area contributed by atoms with Gasteiger partial charge in [-0.3, -0.25) is 0 Å². The van der Waals surface area contributed by atoms with Crippen LogP contribution in [-0.2, 0) is 0 Å². The third-order valence-electron chi connectivity index (χ3n) is 5.29. The lowest BCUT2D eigenvalue weighted by atomic mass is 9.62. The van der Waals surface area contributed by atoms with Gasteiger partial charge in [-0.2, -0.15) is 0 Å². The second kappa shape index (κ2) is 5.04. The molecule has 1 unspecified atom stereocenters. The van der Waals surface area contributed by atoms with E-state index in [1.54, 1.807) is 12.5 Å². The molecule has 0 aromatic carbocycles. The van der Waals surface area contributed by atoms with E-state index in [0.717, 1.165) is 5.69 Å². The zero-order valence-electron chi connectivity index (χ0n) is 11.1. The van der Waals surface area contributed by atoms with Crippen LogP contribution in [0.3, 0.4) is 0 Å². The highest BCUT2D eigenvalue weighted by atomic mass is 16.3. The van der Waals surface area contributed by atoms with Crippen LogP contribution in [-0.4, -0.2) is 15.1 Å². The molecule has 0 aliphatic heterocycles. The molecule has 3 heteroatoms. The molecule has 0 radical (unpaired) electrons. The van der Waals surface area contributed by atoms with Gasteiger partial charge in [0.15, 0.2) is 0 Å². The molecule has 2 aliphatic rings. The van der Waals surface area contributed by atoms with Gasteiger partial charge in [-0.1, -0.05) is 19.3 Å². The number of hydrogen-bond donors (Lipinski definition) is 2. The summed E-state index contributed by atoms with van der Waals surface area (Å²) in [5.74, 6) is 0.429. The fraction of sp³-hybridized carbons (Fsp3) is 0.800. The molecule has 0 bridgehead atoms. The fourth-order valence-corrected chi connectivity index (χ4v) is 4.05. The van der Waals surface area contributed by atoms with Gasteiger partial charge in [-0.05, 0) is 49.9 Å². The van der Waals surface area contributed by atoms with Gasteiger partial charge >= 0.3 is 0 Å². The summed E-state index contributed by atoms with van der Waals surface area (Å²) in [5, 5.41) is 10.3. The average molecular weight is 248 g/mol. The summed E-state index contributed by atoms with van der Waals surface area (Å²) in [6, 6.07) is 0. The van der Waals surface area contributed by atoms with Crippen molar-refractivity contribution in [3.05, 3.63) is 18.2 Å². The highest BCUT2D eigenvalue weighted by Gasteiger charge is 2.38. The molecule has 0 amide bonds. The number of aliphatic hydroxyl groups excluding tert-OH is 1. The summed E-state index contributed by atoms with van der Waals surface area (Å²) in [5.41, 5.74) is 1.53. The maximum absolute atomic E-state index is 10.3. The number of aromatic amines is 1. The average Bonchev–Trinajstić information content (AvgIpc) is 2.94. The Labute approximate surface area is 109 Å². The van der Waals surface area contributed by atoms with Crippen molar-refractivity contribution in [3.63, 3.8) is 0 Å². The molecule has 2 saturated carbocycles. The van der Waals surface area contributed by atoms with E-state index < -0.39 is 0 Å². The van der Waals surface area contributed by atoms with E-state index in [0.29, 0.717) is 11.3 Å². The first-order valence-electron chi connectivity index (χ1n) is 7.45. The van der Waals surface area contributed by atoms with Crippen LogP contribution in [0.15, 0.2) is 12.5 Å². The molecule has 1 spiro atoms. The number of aromatic nitrogens is 2. The third-order valence-corrected chi connectivity index (χ3v) is 5.29. The summed E-state index contributed by atoms with van der Waals surface area (Å²) < 4.78 is 0. The van der Waals surface area contributed by atoms with Crippen LogP contribution in [0.4, 0.5) is 0 Å². The van der Waals surface area contributed by atoms with Crippen molar-refractivity contribution in [1.29, 1.82) is 0 Å². The Kier molecular flexibility index (Phi) is 3.42. The zero-order chi connectivity index (χ0) is 12.4. The standard InChI is InChI=1S/C15H24N2O/c18-14(13-10-16-11-17-13)12-4-8-15(9-5-12)6-2-1-3-7-15/h10-12,14,18H,1-9H2,(H,16,17). The van der Waals surface area contributed by atoms with Crippen molar-refractivity contribution in [2.75, 3.05) is 0 Å². The number of rotatable bonds is 2. The Balaban J connectivity index is 1.59. The lowest BCUT2D eigenvalue weighted by Gasteiger charge is -2.43. The van der Waals surface area contributed by atoms with E-state index in [9.17, 15) is 5.11 Å². The van der Waals surface area contributed by atoms with Crippen LogP contribution >= 0.6 is 0 Å². The summed E-state index contributed by atoms with van der Waals surface area (Å²) in [6.45, 7) is 0. The van der Waals surface area contributed by atoms with E-state index in [1.165, 1.54) is 57.8 Å². The predicted octanol–water partition coefficient (Wildman–Crippen LogP) is 3.58. The molecule has 2 aliphatic carbocycles. The largest absolute Gasteiger partial charge is 0.387 e. The molecule has 1 heterocycles. The van der Waals surface area contributed by atoms with Crippen molar-refractivity contribution in [3.8, 4) is 0 Å². The third kappa shape index (κ3) is 2.33. The normalized spacial score (nSPS) is 26.3. The smallest absolute Gasteiger partial charge is 0.0981 e. The zero-order valence-corrected chi connectivity index (χ0v) is 11.1. The van der Waals surface area contributed by atoms with Gasteiger partial charge < -0.3 is 10.1 Å². The molecule has 3 nitrogen and oxygen atoms in total. The number of hydrogen-bond acceptors (Lipinski definition) is 2. The Morgan fingerprint density at radius 1 is 1.17 bits per heavy atom. The molecule has 18 heavy (non-hydrogen) atoms. The minimum Gasteiger partial charge on any atom is -0.387 e. The first-order valence-corrected chi connectivity index (χ1v) is 7.45. The van der Waals surface area contributed by atoms with Crippen LogP contribution in [0.5, 0.6) is 0 Å². The highest BCUT2D eigenvalue weighted by Crippen LogP contribution is 2.50. The second-order valence-electron chi connectivity index (χ2n) is 6.35. The number of aliphatic hydroxyl groups is 1. The van der Waals surface area contributed by atoms with Gasteiger partial charge in [-0.15, -0.1) is 0 Å². The van der Waals surface area contributed by atoms with Crippen LogP contribution in [0.2, 0.25) is 0 Å². The Morgan fingerprint density at radius 3 is 2.50 bits per heavy atom. The fourth-order valence-electron chi connectivity index (χ4n) is 4.05. The first kappa shape index (κ1) is 12.2. The van der Waals surface area contributed by atoms with E-state index in [2.05, 4.69) is 9.97 Å². The molecule has 2 fully saturated rings. The molecule has 0 saturated heterocycles. The highest BCUT2D eigenvalue weighted by molar-refractivity contribution is 5.02. The Bertz CT molecular complexity index is 358. The molecule has 1 aromatic rings. The quantitative estimate of drug-likeness (QED) is 0.840. The molecule has 1 atom stereocenters. The summed E-state index contributed by atoms with van der Waals surface area (Å²) >= 11 is 0. The molecular weight excluding hydrogens is 224 g/mol. The van der Waals surface area contributed by atoms with Crippen LogP contribution in [0.25, 0.3) is 0 Å². The van der Waals surface area contributed by atoms with E-state index in [-0.39, 0.29) is 6.10 Å². The first-order chi connectivity index (χ1) is 8.79. The number of nitrogens with zero attached hydrogens (tertiary/aromatic N) is 1. The number of H-pyrrole nitrogens is 1. The predicted molar refractivity (Wildman–Crippen MR) is 71.0 cm³/mol. The number of imidazole rings is 1. The van der Waals surface area contributed by atoms with Crippen LogP contribution < -0.4 is 0 Å². The molecular formula is C15H24N2O. The lowest BCUT2D eigenvalue weighted by molar-refractivity contribution is 0.0274. The molecule has 3 rings (SSSR count). The molecule has 1 aromatic heterocycles. The summed E-state index contributed by atoms with van der Waals surface area (Å²) in [6.07, 6.45) is 15.2. The Hall–Kier alpha value is -0.830. The minimum absolute atomic E-state index is 0.339. The summed E-state index contributed by atoms with van der Waals surface area (Å²) in [7, 11) is 0. The van der Waals surface area contributed by atoms with Gasteiger partial charge in [0.05, 0.1) is 24.3 Å². The minimum atomic E-state index is -0.339. The van der Waals surface area contributed by atoms with Gasteiger partial charge in [0.1, 0.15) is 0 Å². The van der Waals surface area contributed by atoms with Gasteiger partial charge in [0.2, 0.25) is 0 Å². The summed E-state index contributed by atoms with van der Waals surface area (Å²) in [4.78, 5) is 7.05. The van der Waals surface area contributed by atoms with E-state index >= 15 is 0 Å². The maximum atomic E-state index is 10.3. The molecule has 100 valence electrons. The van der Waals surface area contributed by atoms with E-state index in [1.807, 2.05) is 0 Å². The van der Waals surface area contributed by atoms with Crippen LogP contribution in [0.1, 0.15) is 69.6 Å². The van der Waals surface area contributed by atoms with Crippen molar-refractivity contribution in [2.45, 2.75) is 63.9 Å². The number of nitrogens with one attached hydrogen (secondary N) is 1. The van der Waals surface area contributed by atoms with Gasteiger partial charge in [0.25, 0.3) is 0 Å². The van der Waals surface area contributed by atoms with Gasteiger partial charge in [-0.25, -0.2) is 4.98 Å². The van der Waals surface area contributed by atoms with Crippen molar-refractivity contribution in [2.24, 2.45) is 11.3 Å². The van der Waals surface area contributed by atoms with Crippen molar-refractivity contribution in [1.82, 2.24) is 9.97 Å². The second-order valence-corrected chi connectivity index (χ2v) is 6.35. The lowest BCUT2D eigenvalue weighted by Crippen LogP contribution is -2.31. The Morgan fingerprint density at radius 2 is 1.89 bits per heavy atom.